The van der Waals surface area contributed by atoms with Crippen LogP contribution in [0.4, 0.5) is 4.79 Å². The van der Waals surface area contributed by atoms with E-state index in [4.69, 9.17) is 4.74 Å². The van der Waals surface area contributed by atoms with Gasteiger partial charge >= 0.3 is 6.09 Å². The van der Waals surface area contributed by atoms with Crippen LogP contribution in [0.3, 0.4) is 0 Å². The van der Waals surface area contributed by atoms with E-state index >= 15 is 0 Å². The standard InChI is InChI=1S/C30H42N4O7S/c1-29(2,3)41-28(38)31-23-16-11-6-4-5-10-15-22-19-30(22,32-25(35)24-17-12-18-34(24)26(23)36)27(37)33-42(39,40)20-21-13-8-7-9-14-21/h7-10,13-15,22-24H,4-6,11-12,16-20H2,1-3H3,(H,31,38)(H,32,35)(H,33,37)/b15-10-. The molecule has 230 valence electrons. The number of sulfonamides is 1. The first kappa shape index (κ1) is 31.5. The quantitative estimate of drug-likeness (QED) is 0.439. The Bertz CT molecular complexity index is 1310. The molecule has 1 saturated carbocycles. The molecule has 2 fully saturated rings. The smallest absolute Gasteiger partial charge is 0.408 e. The Morgan fingerprint density at radius 2 is 1.81 bits per heavy atom. The fourth-order valence-electron chi connectivity index (χ4n) is 5.61. The predicted molar refractivity (Wildman–Crippen MR) is 156 cm³/mol. The number of fused-ring (bicyclic) bond motifs is 2. The van der Waals surface area contributed by atoms with Crippen molar-refractivity contribution in [2.24, 2.45) is 5.92 Å². The molecule has 0 bridgehead atoms. The third-order valence-electron chi connectivity index (χ3n) is 7.77. The lowest BCUT2D eigenvalue weighted by atomic mass is 10.0. The van der Waals surface area contributed by atoms with Crippen molar-refractivity contribution in [2.75, 3.05) is 6.54 Å². The zero-order valence-corrected chi connectivity index (χ0v) is 25.4. The average molecular weight is 603 g/mol. The van der Waals surface area contributed by atoms with Crippen LogP contribution in [0.15, 0.2) is 42.5 Å². The Hall–Kier alpha value is -3.41. The molecule has 2 heterocycles. The predicted octanol–water partition coefficient (Wildman–Crippen LogP) is 2.91. The second-order valence-electron chi connectivity index (χ2n) is 12.4. The number of nitrogens with one attached hydrogen (secondary N) is 3. The number of alkyl carbamates (subject to hydrolysis) is 1. The maximum Gasteiger partial charge on any atom is 0.408 e. The molecule has 4 rings (SSSR count). The summed E-state index contributed by atoms with van der Waals surface area (Å²) < 4.78 is 33.3. The highest BCUT2D eigenvalue weighted by molar-refractivity contribution is 7.89. The monoisotopic (exact) mass is 602 g/mol. The Balaban J connectivity index is 1.53. The lowest BCUT2D eigenvalue weighted by molar-refractivity contribution is -0.141. The van der Waals surface area contributed by atoms with Gasteiger partial charge in [0.25, 0.3) is 5.91 Å². The summed E-state index contributed by atoms with van der Waals surface area (Å²) in [6.45, 7) is 5.55. The number of carbonyl (C=O) groups excluding carboxylic acids is 4. The number of amides is 4. The summed E-state index contributed by atoms with van der Waals surface area (Å²) in [4.78, 5) is 54.8. The minimum absolute atomic E-state index is 0.255. The minimum Gasteiger partial charge on any atom is -0.444 e. The number of nitrogens with zero attached hydrogens (tertiary/aromatic N) is 1. The number of rotatable bonds is 5. The molecule has 0 radical (unpaired) electrons. The maximum absolute atomic E-state index is 13.7. The summed E-state index contributed by atoms with van der Waals surface area (Å²) in [5.41, 5.74) is -1.63. The molecule has 42 heavy (non-hydrogen) atoms. The van der Waals surface area contributed by atoms with Crippen molar-refractivity contribution in [3.05, 3.63) is 48.0 Å². The van der Waals surface area contributed by atoms with Crippen molar-refractivity contribution >= 4 is 33.8 Å². The fourth-order valence-corrected chi connectivity index (χ4v) is 6.77. The van der Waals surface area contributed by atoms with Gasteiger partial charge in [-0.3, -0.25) is 19.1 Å². The van der Waals surface area contributed by atoms with Crippen molar-refractivity contribution in [1.82, 2.24) is 20.3 Å². The highest BCUT2D eigenvalue weighted by atomic mass is 32.2. The summed E-state index contributed by atoms with van der Waals surface area (Å²) in [6.07, 6.45) is 7.82. The fraction of sp³-hybridized carbons (Fsp3) is 0.600. The molecule has 1 aromatic carbocycles. The maximum atomic E-state index is 13.7. The zero-order chi connectivity index (χ0) is 30.5. The first-order valence-electron chi connectivity index (χ1n) is 14.7. The minimum atomic E-state index is -4.03. The van der Waals surface area contributed by atoms with Crippen LogP contribution in [0.25, 0.3) is 0 Å². The number of carbonyl (C=O) groups is 4. The van der Waals surface area contributed by atoms with E-state index in [1.165, 1.54) is 4.90 Å². The molecule has 0 spiro atoms. The van der Waals surface area contributed by atoms with Crippen LogP contribution >= 0.6 is 0 Å². The first-order valence-corrected chi connectivity index (χ1v) is 16.3. The summed E-state index contributed by atoms with van der Waals surface area (Å²) in [6, 6.07) is 6.82. The zero-order valence-electron chi connectivity index (χ0n) is 24.6. The summed E-state index contributed by atoms with van der Waals surface area (Å²) >= 11 is 0. The third kappa shape index (κ3) is 8.11. The van der Waals surface area contributed by atoms with E-state index in [2.05, 4.69) is 15.4 Å². The molecule has 1 aromatic rings. The van der Waals surface area contributed by atoms with Gasteiger partial charge in [0.1, 0.15) is 23.2 Å². The summed E-state index contributed by atoms with van der Waals surface area (Å²) in [5.74, 6) is -2.42. The highest BCUT2D eigenvalue weighted by Crippen LogP contribution is 2.45. The Labute approximate surface area is 247 Å². The van der Waals surface area contributed by atoms with E-state index in [9.17, 15) is 27.6 Å². The van der Waals surface area contributed by atoms with Crippen molar-refractivity contribution in [1.29, 1.82) is 0 Å². The van der Waals surface area contributed by atoms with Crippen molar-refractivity contribution in [3.8, 4) is 0 Å². The molecule has 3 aliphatic rings. The second-order valence-corrected chi connectivity index (χ2v) is 14.1. The SMILES string of the molecule is CC(C)(C)OC(=O)NC1CCCCC/C=C\C2CC2(C(=O)NS(=O)(=O)Cc2ccccc2)NC(=O)C2CCCN2C1=O. The topological polar surface area (TPSA) is 151 Å². The Kier molecular flexibility index (Phi) is 9.64. The normalized spacial score (nSPS) is 27.8. The first-order chi connectivity index (χ1) is 19.8. The van der Waals surface area contributed by atoms with Gasteiger partial charge in [0.15, 0.2) is 0 Å². The van der Waals surface area contributed by atoms with Crippen molar-refractivity contribution in [3.63, 3.8) is 0 Å². The van der Waals surface area contributed by atoms with Crippen LogP contribution < -0.4 is 15.4 Å². The summed E-state index contributed by atoms with van der Waals surface area (Å²) in [5, 5.41) is 5.53. The summed E-state index contributed by atoms with van der Waals surface area (Å²) in [7, 11) is -4.03. The van der Waals surface area contributed by atoms with E-state index in [1.807, 2.05) is 12.2 Å². The molecular formula is C30H42N4O7S. The molecule has 4 amide bonds. The molecule has 1 aliphatic carbocycles. The number of benzene rings is 1. The molecule has 4 unspecified atom stereocenters. The highest BCUT2D eigenvalue weighted by Gasteiger charge is 2.61. The van der Waals surface area contributed by atoms with Crippen LogP contribution in [0.5, 0.6) is 0 Å². The van der Waals surface area contributed by atoms with Gasteiger partial charge in [0.05, 0.1) is 5.75 Å². The van der Waals surface area contributed by atoms with Crippen LogP contribution in [0.2, 0.25) is 0 Å². The van der Waals surface area contributed by atoms with Gasteiger partial charge in [0, 0.05) is 12.5 Å². The van der Waals surface area contributed by atoms with Gasteiger partial charge in [0.2, 0.25) is 21.8 Å². The molecule has 12 heteroatoms. The van der Waals surface area contributed by atoms with Gasteiger partial charge in [-0.1, -0.05) is 55.3 Å². The van der Waals surface area contributed by atoms with Crippen LogP contribution in [0, 0.1) is 5.92 Å². The van der Waals surface area contributed by atoms with E-state index in [0.29, 0.717) is 37.8 Å². The van der Waals surface area contributed by atoms with Crippen molar-refractivity contribution in [2.45, 2.75) is 101 Å². The molecule has 11 nitrogen and oxygen atoms in total. The number of hydrogen-bond acceptors (Lipinski definition) is 7. The van der Waals surface area contributed by atoms with Gasteiger partial charge in [-0.25, -0.2) is 13.2 Å². The number of hydrogen-bond donors (Lipinski definition) is 3. The van der Waals surface area contributed by atoms with Gasteiger partial charge in [-0.2, -0.15) is 0 Å². The Morgan fingerprint density at radius 1 is 1.07 bits per heavy atom. The lowest BCUT2D eigenvalue weighted by Crippen LogP contribution is -2.58. The van der Waals surface area contributed by atoms with E-state index in [-0.39, 0.29) is 24.0 Å². The van der Waals surface area contributed by atoms with Crippen LogP contribution in [-0.4, -0.2) is 66.9 Å². The molecule has 1 saturated heterocycles. The second kappa shape index (κ2) is 12.8. The lowest BCUT2D eigenvalue weighted by Gasteiger charge is -2.30. The van der Waals surface area contributed by atoms with Gasteiger partial charge in [-0.05, 0) is 64.9 Å². The van der Waals surface area contributed by atoms with E-state index < -0.39 is 51.2 Å². The Morgan fingerprint density at radius 3 is 2.52 bits per heavy atom. The van der Waals surface area contributed by atoms with E-state index in [1.54, 1.807) is 51.1 Å². The largest absolute Gasteiger partial charge is 0.444 e. The third-order valence-corrected chi connectivity index (χ3v) is 8.98. The molecule has 0 aromatic heterocycles. The molecule has 4 atom stereocenters. The van der Waals surface area contributed by atoms with Crippen LogP contribution in [-0.2, 0) is 34.9 Å². The van der Waals surface area contributed by atoms with Crippen LogP contribution in [0.1, 0.15) is 77.7 Å². The average Bonchev–Trinajstić information content (AvgIpc) is 3.35. The number of ether oxygens (including phenoxy) is 1. The van der Waals surface area contributed by atoms with Gasteiger partial charge in [-0.15, -0.1) is 0 Å². The molecule has 3 N–H and O–H groups in total. The van der Waals surface area contributed by atoms with Gasteiger partial charge < -0.3 is 20.3 Å². The molecular weight excluding hydrogens is 560 g/mol. The van der Waals surface area contributed by atoms with Crippen molar-refractivity contribution < 1.29 is 32.3 Å². The molecule has 2 aliphatic heterocycles. The number of allylic oxidation sites excluding steroid dienone is 1. The van der Waals surface area contributed by atoms with E-state index in [0.717, 1.165) is 19.3 Å².